The van der Waals surface area contributed by atoms with E-state index in [1.165, 1.54) is 6.07 Å². The summed E-state index contributed by atoms with van der Waals surface area (Å²) in [5, 5.41) is 9.52. The molecule has 4 nitrogen and oxygen atoms in total. The Bertz CT molecular complexity index is 860. The van der Waals surface area contributed by atoms with E-state index in [1.54, 1.807) is 0 Å². The fraction of sp³-hybridized carbons (Fsp3) is 0. The zero-order chi connectivity index (χ0) is 15.1. The molecule has 0 atom stereocenters. The van der Waals surface area contributed by atoms with Crippen molar-refractivity contribution < 1.29 is 23.1 Å². The van der Waals surface area contributed by atoms with E-state index in [0.29, 0.717) is 4.70 Å². The highest BCUT2D eigenvalue weighted by molar-refractivity contribution is 7.21. The minimum Gasteiger partial charge on any atom is -0.477 e. The van der Waals surface area contributed by atoms with Crippen molar-refractivity contribution in [3.63, 3.8) is 0 Å². The molecule has 0 fully saturated rings. The third-order valence-electron chi connectivity index (χ3n) is 2.95. The van der Waals surface area contributed by atoms with E-state index < -0.39 is 29.0 Å². The first-order valence-corrected chi connectivity index (χ1v) is 6.55. The van der Waals surface area contributed by atoms with Crippen LogP contribution in [0.25, 0.3) is 21.2 Å². The number of halogens is 3. The standard InChI is InChI=1S/C14H6F3NO2S.H3N/c15-6-1-2-7-10(3-6)21-13(14(19)20)11(7)12-8(16)4-18-5-9(12)17;/h1-5H,(H,19,20);1H3. The SMILES string of the molecule is N.O=C(O)c1sc2cc(F)ccc2c1-c1c(F)cncc1F. The van der Waals surface area contributed by atoms with Crippen LogP contribution in [0.15, 0.2) is 30.6 Å². The van der Waals surface area contributed by atoms with Crippen LogP contribution in [0.2, 0.25) is 0 Å². The van der Waals surface area contributed by atoms with E-state index in [1.807, 2.05) is 0 Å². The lowest BCUT2D eigenvalue weighted by atomic mass is 10.0. The number of rotatable bonds is 2. The second-order valence-electron chi connectivity index (χ2n) is 4.23. The Morgan fingerprint density at radius 3 is 2.32 bits per heavy atom. The Kier molecular flexibility index (Phi) is 4.16. The van der Waals surface area contributed by atoms with Gasteiger partial charge in [0.2, 0.25) is 0 Å². The van der Waals surface area contributed by atoms with Gasteiger partial charge in [-0.3, -0.25) is 4.98 Å². The molecule has 8 heteroatoms. The number of thiophene rings is 1. The van der Waals surface area contributed by atoms with Gasteiger partial charge in [-0.05, 0) is 18.2 Å². The summed E-state index contributed by atoms with van der Waals surface area (Å²) >= 11 is 0.765. The highest BCUT2D eigenvalue weighted by Crippen LogP contribution is 2.40. The number of carboxylic acids is 1. The van der Waals surface area contributed by atoms with Crippen molar-refractivity contribution in [1.82, 2.24) is 11.1 Å². The van der Waals surface area contributed by atoms with Crippen LogP contribution >= 0.6 is 11.3 Å². The third-order valence-corrected chi connectivity index (χ3v) is 4.09. The van der Waals surface area contributed by atoms with Crippen LogP contribution < -0.4 is 6.15 Å². The van der Waals surface area contributed by atoms with Gasteiger partial charge in [-0.1, -0.05) is 0 Å². The molecule has 0 radical (unpaired) electrons. The van der Waals surface area contributed by atoms with Gasteiger partial charge in [-0.25, -0.2) is 18.0 Å². The highest BCUT2D eigenvalue weighted by atomic mass is 32.1. The zero-order valence-corrected chi connectivity index (χ0v) is 11.8. The molecule has 22 heavy (non-hydrogen) atoms. The molecule has 3 rings (SSSR count). The van der Waals surface area contributed by atoms with Gasteiger partial charge in [0.1, 0.15) is 10.7 Å². The first-order chi connectivity index (χ1) is 9.99. The van der Waals surface area contributed by atoms with Gasteiger partial charge in [0.05, 0.1) is 18.0 Å². The van der Waals surface area contributed by atoms with Crippen LogP contribution in [0.3, 0.4) is 0 Å². The number of hydrogen-bond acceptors (Lipinski definition) is 4. The quantitative estimate of drug-likeness (QED) is 0.737. The molecule has 0 aliphatic heterocycles. The van der Waals surface area contributed by atoms with Crippen molar-refractivity contribution in [2.75, 3.05) is 0 Å². The first kappa shape index (κ1) is 15.9. The highest BCUT2D eigenvalue weighted by Gasteiger charge is 2.24. The molecular formula is C14H9F3N2O2S. The second-order valence-corrected chi connectivity index (χ2v) is 5.28. The number of aromatic nitrogens is 1. The van der Waals surface area contributed by atoms with Crippen LogP contribution in [0.1, 0.15) is 9.67 Å². The minimum absolute atomic E-state index is 0. The van der Waals surface area contributed by atoms with E-state index in [-0.39, 0.29) is 22.0 Å². The predicted molar refractivity (Wildman–Crippen MR) is 76.9 cm³/mol. The number of pyridine rings is 1. The average molecular weight is 326 g/mol. The number of carbonyl (C=O) groups is 1. The first-order valence-electron chi connectivity index (χ1n) is 5.73. The van der Waals surface area contributed by atoms with Crippen molar-refractivity contribution in [3.8, 4) is 11.1 Å². The summed E-state index contributed by atoms with van der Waals surface area (Å²) in [5.74, 6) is -3.83. The number of benzene rings is 1. The van der Waals surface area contributed by atoms with Crippen molar-refractivity contribution in [2.24, 2.45) is 0 Å². The van der Waals surface area contributed by atoms with E-state index in [0.717, 1.165) is 35.9 Å². The van der Waals surface area contributed by atoms with E-state index >= 15 is 0 Å². The lowest BCUT2D eigenvalue weighted by molar-refractivity contribution is 0.0703. The van der Waals surface area contributed by atoms with Crippen molar-refractivity contribution in [2.45, 2.75) is 0 Å². The van der Waals surface area contributed by atoms with Crippen molar-refractivity contribution in [1.29, 1.82) is 0 Å². The molecule has 0 saturated heterocycles. The zero-order valence-electron chi connectivity index (χ0n) is 10.9. The molecule has 3 aromatic rings. The molecule has 114 valence electrons. The summed E-state index contributed by atoms with van der Waals surface area (Å²) in [6, 6.07) is 3.55. The molecule has 0 saturated carbocycles. The number of nitrogens with zero attached hydrogens (tertiary/aromatic N) is 1. The fourth-order valence-corrected chi connectivity index (χ4v) is 3.19. The molecule has 0 spiro atoms. The Balaban J connectivity index is 0.00000176. The largest absolute Gasteiger partial charge is 0.477 e. The van der Waals surface area contributed by atoms with Gasteiger partial charge in [-0.15, -0.1) is 11.3 Å². The van der Waals surface area contributed by atoms with E-state index in [9.17, 15) is 23.1 Å². The summed E-state index contributed by atoms with van der Waals surface area (Å²) < 4.78 is 41.3. The normalized spacial score (nSPS) is 10.5. The van der Waals surface area contributed by atoms with Gasteiger partial charge < -0.3 is 11.3 Å². The number of aromatic carboxylic acids is 1. The third kappa shape index (κ3) is 2.42. The molecule has 4 N–H and O–H groups in total. The molecule has 0 amide bonds. The molecule has 0 bridgehead atoms. The summed E-state index contributed by atoms with van der Waals surface area (Å²) in [6.07, 6.45) is 1.61. The van der Waals surface area contributed by atoms with Gasteiger partial charge in [-0.2, -0.15) is 0 Å². The Hall–Kier alpha value is -2.45. The summed E-state index contributed by atoms with van der Waals surface area (Å²) in [6.45, 7) is 0. The molecule has 0 aliphatic rings. The second kappa shape index (κ2) is 5.74. The van der Waals surface area contributed by atoms with Crippen LogP contribution in [-0.2, 0) is 0 Å². The van der Waals surface area contributed by atoms with E-state index in [4.69, 9.17) is 0 Å². The van der Waals surface area contributed by atoms with Gasteiger partial charge in [0.15, 0.2) is 11.6 Å². The Morgan fingerprint density at radius 2 is 1.73 bits per heavy atom. The van der Waals surface area contributed by atoms with Gasteiger partial charge >= 0.3 is 5.97 Å². The minimum atomic E-state index is -1.33. The molecule has 0 aliphatic carbocycles. The number of carboxylic acid groups (broad SMARTS) is 1. The maximum atomic E-state index is 13.9. The van der Waals surface area contributed by atoms with Gasteiger partial charge in [0, 0.05) is 15.6 Å². The molecule has 0 unspecified atom stereocenters. The molecule has 1 aromatic carbocycles. The summed E-state index contributed by atoms with van der Waals surface area (Å²) in [5.41, 5.74) is -0.569. The van der Waals surface area contributed by atoms with Crippen LogP contribution in [0.4, 0.5) is 13.2 Å². The average Bonchev–Trinajstić information content (AvgIpc) is 2.77. The maximum absolute atomic E-state index is 13.9. The Morgan fingerprint density at radius 1 is 1.09 bits per heavy atom. The molecule has 2 aromatic heterocycles. The topological polar surface area (TPSA) is 85.2 Å². The lowest BCUT2D eigenvalue weighted by Gasteiger charge is -2.05. The molecule has 2 heterocycles. The smallest absolute Gasteiger partial charge is 0.346 e. The van der Waals surface area contributed by atoms with Gasteiger partial charge in [0.25, 0.3) is 0 Å². The van der Waals surface area contributed by atoms with Crippen LogP contribution in [0, 0.1) is 17.5 Å². The lowest BCUT2D eigenvalue weighted by Crippen LogP contribution is -1.98. The Labute approximate surface area is 126 Å². The van der Waals surface area contributed by atoms with Crippen molar-refractivity contribution in [3.05, 3.63) is 52.9 Å². The summed E-state index contributed by atoms with van der Waals surface area (Å²) in [7, 11) is 0. The maximum Gasteiger partial charge on any atom is 0.346 e. The molecular weight excluding hydrogens is 317 g/mol. The monoisotopic (exact) mass is 326 g/mol. The predicted octanol–water partition coefficient (Wildman–Crippen LogP) is 4.24. The van der Waals surface area contributed by atoms with Crippen molar-refractivity contribution >= 4 is 27.4 Å². The number of hydrogen-bond donors (Lipinski definition) is 2. The van der Waals surface area contributed by atoms with Crippen LogP contribution in [-0.4, -0.2) is 16.1 Å². The fourth-order valence-electron chi connectivity index (χ4n) is 2.12. The number of fused-ring (bicyclic) bond motifs is 1. The van der Waals surface area contributed by atoms with E-state index in [2.05, 4.69) is 4.98 Å². The summed E-state index contributed by atoms with van der Waals surface area (Å²) in [4.78, 5) is 14.4. The van der Waals surface area contributed by atoms with Crippen LogP contribution in [0.5, 0.6) is 0 Å².